The van der Waals surface area contributed by atoms with Crippen LogP contribution in [-0.4, -0.2) is 27.3 Å². The summed E-state index contributed by atoms with van der Waals surface area (Å²) in [6, 6.07) is 10.7. The Hall–Kier alpha value is -3.06. The van der Waals surface area contributed by atoms with Gasteiger partial charge in [-0.3, -0.25) is 9.89 Å². The Kier molecular flexibility index (Phi) is 4.11. The summed E-state index contributed by atoms with van der Waals surface area (Å²) in [6.07, 6.45) is 3.34. The van der Waals surface area contributed by atoms with Crippen LogP contribution in [0.5, 0.6) is 0 Å². The summed E-state index contributed by atoms with van der Waals surface area (Å²) in [6.45, 7) is 0. The Bertz CT molecular complexity index is 835. The molecule has 5 N–H and O–H groups in total. The second-order valence-corrected chi connectivity index (χ2v) is 5.11. The van der Waals surface area contributed by atoms with E-state index in [0.29, 0.717) is 10.8 Å². The summed E-state index contributed by atoms with van der Waals surface area (Å²) in [5.74, 6) is -0.0455. The number of benzene rings is 1. The number of hydrogen-bond donors (Lipinski definition) is 4. The molecule has 0 aliphatic carbocycles. The third-order valence-corrected chi connectivity index (χ3v) is 3.31. The number of anilines is 2. The van der Waals surface area contributed by atoms with Gasteiger partial charge in [-0.2, -0.15) is 5.10 Å². The highest BCUT2D eigenvalue weighted by Gasteiger charge is 2.18. The van der Waals surface area contributed by atoms with Gasteiger partial charge >= 0.3 is 0 Å². The van der Waals surface area contributed by atoms with Crippen molar-refractivity contribution in [1.29, 1.82) is 0 Å². The molecule has 0 unspecified atom stereocenters. The second kappa shape index (κ2) is 6.37. The molecule has 0 aliphatic heterocycles. The van der Waals surface area contributed by atoms with E-state index in [2.05, 4.69) is 25.5 Å². The Morgan fingerprint density at radius 2 is 2.09 bits per heavy atom. The molecule has 0 saturated carbocycles. The van der Waals surface area contributed by atoms with Crippen LogP contribution in [-0.2, 0) is 0 Å². The quantitative estimate of drug-likeness (QED) is 0.540. The van der Waals surface area contributed by atoms with Crippen molar-refractivity contribution in [3.63, 3.8) is 0 Å². The zero-order valence-electron chi connectivity index (χ0n) is 11.9. The van der Waals surface area contributed by atoms with Crippen LogP contribution in [0.25, 0.3) is 0 Å². The highest BCUT2D eigenvalue weighted by atomic mass is 35.5. The van der Waals surface area contributed by atoms with Crippen LogP contribution < -0.4 is 11.1 Å². The molecule has 8 heteroatoms. The molecule has 1 amide bonds. The van der Waals surface area contributed by atoms with Gasteiger partial charge in [0.1, 0.15) is 11.4 Å². The molecule has 7 nitrogen and oxygen atoms in total. The molecule has 0 fully saturated rings. The smallest absolute Gasteiger partial charge is 0.256 e. The number of H-pyrrole nitrogens is 2. The van der Waals surface area contributed by atoms with E-state index in [-0.39, 0.29) is 11.4 Å². The van der Waals surface area contributed by atoms with Gasteiger partial charge in [0, 0.05) is 16.9 Å². The summed E-state index contributed by atoms with van der Waals surface area (Å²) in [5, 5.41) is 10.4. The van der Waals surface area contributed by atoms with Crippen LogP contribution in [0.1, 0.15) is 16.1 Å². The number of carbonyl (C=O) groups is 1. The van der Waals surface area contributed by atoms with Crippen molar-refractivity contribution in [3.05, 3.63) is 58.9 Å². The van der Waals surface area contributed by atoms with Gasteiger partial charge in [0.15, 0.2) is 5.82 Å². The molecule has 0 bridgehead atoms. The van der Waals surface area contributed by atoms with Crippen molar-refractivity contribution in [1.82, 2.24) is 15.2 Å². The lowest BCUT2D eigenvalue weighted by molar-refractivity contribution is 0.100. The number of aromatic amines is 2. The zero-order chi connectivity index (χ0) is 16.2. The fourth-order valence-electron chi connectivity index (χ4n) is 1.98. The van der Waals surface area contributed by atoms with Crippen molar-refractivity contribution in [2.24, 2.45) is 10.7 Å². The summed E-state index contributed by atoms with van der Waals surface area (Å²) >= 11 is 5.85. The highest BCUT2D eigenvalue weighted by Crippen LogP contribution is 2.26. The number of carbonyl (C=O) groups excluding carboxylic acids is 1. The lowest BCUT2D eigenvalue weighted by Crippen LogP contribution is -2.12. The molecule has 23 heavy (non-hydrogen) atoms. The van der Waals surface area contributed by atoms with Gasteiger partial charge in [0.2, 0.25) is 0 Å². The van der Waals surface area contributed by atoms with Crippen molar-refractivity contribution < 1.29 is 4.79 Å². The molecule has 1 aromatic carbocycles. The SMILES string of the molecule is NC(=O)c1c(N=Cc2ccc[nH]2)n[nH]c1Nc1ccc(Cl)cc1. The molecule has 3 rings (SSSR count). The predicted octanol–water partition coefficient (Wildman–Crippen LogP) is 2.98. The summed E-state index contributed by atoms with van der Waals surface area (Å²) in [5.41, 5.74) is 7.15. The van der Waals surface area contributed by atoms with Crippen molar-refractivity contribution in [3.8, 4) is 0 Å². The maximum Gasteiger partial charge on any atom is 0.256 e. The minimum atomic E-state index is -0.631. The topological polar surface area (TPSA) is 112 Å². The Morgan fingerprint density at radius 3 is 2.74 bits per heavy atom. The van der Waals surface area contributed by atoms with Crippen LogP contribution in [0.15, 0.2) is 47.6 Å². The highest BCUT2D eigenvalue weighted by molar-refractivity contribution is 6.30. The maximum atomic E-state index is 11.7. The minimum Gasteiger partial charge on any atom is -0.365 e. The van der Waals surface area contributed by atoms with Crippen LogP contribution in [0.4, 0.5) is 17.3 Å². The van der Waals surface area contributed by atoms with Crippen molar-refractivity contribution in [2.75, 3.05) is 5.32 Å². The molecule has 2 aromatic heterocycles. The summed E-state index contributed by atoms with van der Waals surface area (Å²) in [7, 11) is 0. The number of aliphatic imine (C=N–C) groups is 1. The summed E-state index contributed by atoms with van der Waals surface area (Å²) < 4.78 is 0. The number of nitrogens with two attached hydrogens (primary N) is 1. The van der Waals surface area contributed by atoms with Crippen molar-refractivity contribution >= 4 is 41.0 Å². The standard InChI is InChI=1S/C15H13ClN6O/c16-9-3-5-10(6-4-9)20-15-12(13(17)23)14(21-22-15)19-8-11-2-1-7-18-11/h1-8,18H,(H2,17,23)(H2,20,21,22). The third kappa shape index (κ3) is 3.41. The van der Waals surface area contributed by atoms with Gasteiger partial charge in [0.25, 0.3) is 5.91 Å². The van der Waals surface area contributed by atoms with E-state index < -0.39 is 5.91 Å². The van der Waals surface area contributed by atoms with E-state index in [1.165, 1.54) is 0 Å². The number of nitrogens with one attached hydrogen (secondary N) is 3. The average Bonchev–Trinajstić information content (AvgIpc) is 3.17. The maximum absolute atomic E-state index is 11.7. The first-order valence-corrected chi connectivity index (χ1v) is 7.09. The average molecular weight is 329 g/mol. The number of aromatic nitrogens is 3. The van der Waals surface area contributed by atoms with Gasteiger partial charge in [-0.25, -0.2) is 4.99 Å². The van der Waals surface area contributed by atoms with Gasteiger partial charge in [-0.05, 0) is 36.4 Å². The first-order chi connectivity index (χ1) is 11.1. The van der Waals surface area contributed by atoms with Crippen LogP contribution in [0.2, 0.25) is 5.02 Å². The number of primary amides is 1. The zero-order valence-corrected chi connectivity index (χ0v) is 12.6. The fourth-order valence-corrected chi connectivity index (χ4v) is 2.11. The molecular formula is C15H13ClN6O. The van der Waals surface area contributed by atoms with Crippen LogP contribution in [0.3, 0.4) is 0 Å². The fraction of sp³-hybridized carbons (Fsp3) is 0. The number of rotatable bonds is 5. The number of halogens is 1. The van der Waals surface area contributed by atoms with E-state index in [4.69, 9.17) is 17.3 Å². The number of nitrogens with zero attached hydrogens (tertiary/aromatic N) is 2. The lowest BCUT2D eigenvalue weighted by Gasteiger charge is -2.05. The first-order valence-electron chi connectivity index (χ1n) is 6.71. The van der Waals surface area contributed by atoms with Crippen molar-refractivity contribution in [2.45, 2.75) is 0 Å². The van der Waals surface area contributed by atoms with Crippen LogP contribution >= 0.6 is 11.6 Å². The second-order valence-electron chi connectivity index (χ2n) is 4.68. The van der Waals surface area contributed by atoms with Crippen LogP contribution in [0, 0.1) is 0 Å². The Labute approximate surface area is 136 Å². The molecule has 0 radical (unpaired) electrons. The van der Waals surface area contributed by atoms with E-state index in [0.717, 1.165) is 11.4 Å². The molecule has 0 spiro atoms. The van der Waals surface area contributed by atoms with E-state index in [1.54, 1.807) is 36.7 Å². The Morgan fingerprint density at radius 1 is 1.30 bits per heavy atom. The molecular weight excluding hydrogens is 316 g/mol. The molecule has 3 aromatic rings. The number of amides is 1. The van der Waals surface area contributed by atoms with Gasteiger partial charge in [-0.1, -0.05) is 11.6 Å². The molecule has 0 atom stereocenters. The monoisotopic (exact) mass is 328 g/mol. The number of hydrogen-bond acceptors (Lipinski definition) is 4. The van der Waals surface area contributed by atoms with E-state index in [9.17, 15) is 4.79 Å². The first kappa shape index (κ1) is 14.9. The van der Waals surface area contributed by atoms with Gasteiger partial charge in [-0.15, -0.1) is 0 Å². The molecule has 2 heterocycles. The predicted molar refractivity (Wildman–Crippen MR) is 89.9 cm³/mol. The Balaban J connectivity index is 1.89. The largest absolute Gasteiger partial charge is 0.365 e. The third-order valence-electron chi connectivity index (χ3n) is 3.06. The molecule has 116 valence electrons. The van der Waals surface area contributed by atoms with Gasteiger partial charge in [0.05, 0.1) is 11.9 Å². The molecule has 0 saturated heterocycles. The van der Waals surface area contributed by atoms with E-state index in [1.807, 2.05) is 12.1 Å². The van der Waals surface area contributed by atoms with Gasteiger partial charge < -0.3 is 16.0 Å². The normalized spacial score (nSPS) is 11.0. The lowest BCUT2D eigenvalue weighted by atomic mass is 10.2. The van der Waals surface area contributed by atoms with E-state index >= 15 is 0 Å². The minimum absolute atomic E-state index is 0.183. The molecule has 0 aliphatic rings. The summed E-state index contributed by atoms with van der Waals surface area (Å²) in [4.78, 5) is 18.9.